The molecule has 0 aromatic carbocycles. The van der Waals surface area contributed by atoms with Crippen molar-refractivity contribution in [3.05, 3.63) is 29.7 Å². The molecule has 0 aliphatic rings. The quantitative estimate of drug-likeness (QED) is 0.919. The molecule has 2 heterocycles. The fourth-order valence-electron chi connectivity index (χ4n) is 1.62. The minimum atomic E-state index is -3.69. The number of sulfonamides is 1. The molecule has 0 saturated carbocycles. The number of imidazole rings is 1. The average Bonchev–Trinajstić information content (AvgIpc) is 2.54. The number of rotatable bonds is 2. The number of halogens is 1. The van der Waals surface area contributed by atoms with Crippen molar-refractivity contribution >= 4 is 27.1 Å². The number of pyridine rings is 1. The molecule has 18 heavy (non-hydrogen) atoms. The number of nitrogens with zero attached hydrogens (tertiary/aromatic N) is 2. The standard InChI is InChI=1S/C11H14ClN3O2S/c1-11(2,3)14-18(16,17)9-8-6-4-5-7-15(8)10(12)13-9/h4-7,14H,1-3H3. The van der Waals surface area contributed by atoms with Crippen LogP contribution in [-0.4, -0.2) is 23.3 Å². The van der Waals surface area contributed by atoms with Crippen LogP contribution >= 0.6 is 11.6 Å². The van der Waals surface area contributed by atoms with Crippen molar-refractivity contribution in [1.29, 1.82) is 0 Å². The molecule has 2 aromatic rings. The van der Waals surface area contributed by atoms with Crippen molar-refractivity contribution in [3.63, 3.8) is 0 Å². The van der Waals surface area contributed by atoms with Crippen LogP contribution in [0.4, 0.5) is 0 Å². The minimum Gasteiger partial charge on any atom is -0.289 e. The molecule has 5 nitrogen and oxygen atoms in total. The molecule has 98 valence electrons. The third-order valence-corrected chi connectivity index (χ3v) is 4.12. The number of fused-ring (bicyclic) bond motifs is 1. The van der Waals surface area contributed by atoms with Gasteiger partial charge in [-0.1, -0.05) is 6.07 Å². The van der Waals surface area contributed by atoms with E-state index in [-0.39, 0.29) is 10.3 Å². The molecule has 7 heteroatoms. The van der Waals surface area contributed by atoms with Crippen molar-refractivity contribution in [1.82, 2.24) is 14.1 Å². The first-order valence-corrected chi connectivity index (χ1v) is 7.23. The number of nitrogens with one attached hydrogen (secondary N) is 1. The zero-order valence-electron chi connectivity index (χ0n) is 10.3. The van der Waals surface area contributed by atoms with Gasteiger partial charge < -0.3 is 0 Å². The van der Waals surface area contributed by atoms with Gasteiger partial charge in [-0.05, 0) is 44.5 Å². The molecule has 1 N–H and O–H groups in total. The summed E-state index contributed by atoms with van der Waals surface area (Å²) in [4.78, 5) is 3.92. The van der Waals surface area contributed by atoms with Crippen LogP contribution in [0.15, 0.2) is 29.4 Å². The van der Waals surface area contributed by atoms with E-state index in [0.717, 1.165) is 0 Å². The maximum Gasteiger partial charge on any atom is 0.260 e. The van der Waals surface area contributed by atoms with Crippen molar-refractivity contribution in [2.45, 2.75) is 31.3 Å². The number of hydrogen-bond donors (Lipinski definition) is 1. The second kappa shape index (κ2) is 4.22. The van der Waals surface area contributed by atoms with E-state index in [9.17, 15) is 8.42 Å². The summed E-state index contributed by atoms with van der Waals surface area (Å²) >= 11 is 5.91. The topological polar surface area (TPSA) is 63.5 Å². The Morgan fingerprint density at radius 3 is 2.61 bits per heavy atom. The molecule has 0 saturated heterocycles. The van der Waals surface area contributed by atoms with Crippen LogP contribution in [0.5, 0.6) is 0 Å². The van der Waals surface area contributed by atoms with Crippen LogP contribution < -0.4 is 4.72 Å². The van der Waals surface area contributed by atoms with Crippen molar-refractivity contribution < 1.29 is 8.42 Å². The van der Waals surface area contributed by atoms with Crippen molar-refractivity contribution in [2.24, 2.45) is 0 Å². The van der Waals surface area contributed by atoms with Gasteiger partial charge in [0.05, 0.1) is 5.52 Å². The second-order valence-electron chi connectivity index (χ2n) is 5.00. The Morgan fingerprint density at radius 1 is 1.33 bits per heavy atom. The summed E-state index contributed by atoms with van der Waals surface area (Å²) in [5.74, 6) is 0. The highest BCUT2D eigenvalue weighted by Crippen LogP contribution is 2.21. The minimum absolute atomic E-state index is 0.0528. The average molecular weight is 288 g/mol. The van der Waals surface area contributed by atoms with Crippen LogP contribution in [0.1, 0.15) is 20.8 Å². The van der Waals surface area contributed by atoms with Gasteiger partial charge in [0.2, 0.25) is 5.28 Å². The van der Waals surface area contributed by atoms with Gasteiger partial charge in [0.1, 0.15) is 0 Å². The Labute approximate surface area is 111 Å². The Morgan fingerprint density at radius 2 is 2.00 bits per heavy atom. The lowest BCUT2D eigenvalue weighted by Crippen LogP contribution is -2.40. The molecular weight excluding hydrogens is 274 g/mol. The van der Waals surface area contributed by atoms with E-state index in [1.165, 1.54) is 4.40 Å². The molecule has 0 unspecified atom stereocenters. The predicted molar refractivity (Wildman–Crippen MR) is 70.3 cm³/mol. The smallest absolute Gasteiger partial charge is 0.260 e. The summed E-state index contributed by atoms with van der Waals surface area (Å²) in [5, 5.41) is 0.0721. The fraction of sp³-hybridized carbons (Fsp3) is 0.364. The summed E-state index contributed by atoms with van der Waals surface area (Å²) in [6.45, 7) is 5.30. The van der Waals surface area contributed by atoms with Gasteiger partial charge in [-0.3, -0.25) is 4.40 Å². The van der Waals surface area contributed by atoms with Crippen LogP contribution in [0, 0.1) is 0 Å². The monoisotopic (exact) mass is 287 g/mol. The highest BCUT2D eigenvalue weighted by molar-refractivity contribution is 7.89. The van der Waals surface area contributed by atoms with Crippen LogP contribution in [-0.2, 0) is 10.0 Å². The van der Waals surface area contributed by atoms with E-state index >= 15 is 0 Å². The molecule has 2 aromatic heterocycles. The van der Waals surface area contributed by atoms with Crippen molar-refractivity contribution in [2.75, 3.05) is 0 Å². The molecular formula is C11H14ClN3O2S. The molecule has 0 fully saturated rings. The summed E-state index contributed by atoms with van der Waals surface area (Å²) in [6, 6.07) is 5.16. The number of aromatic nitrogens is 2. The van der Waals surface area contributed by atoms with Crippen LogP contribution in [0.25, 0.3) is 5.52 Å². The molecule has 0 radical (unpaired) electrons. The maximum atomic E-state index is 12.2. The maximum absolute atomic E-state index is 12.2. The number of hydrogen-bond acceptors (Lipinski definition) is 3. The zero-order chi connectivity index (χ0) is 13.6. The molecule has 0 amide bonds. The molecule has 0 spiro atoms. The van der Waals surface area contributed by atoms with E-state index < -0.39 is 15.6 Å². The van der Waals surface area contributed by atoms with E-state index in [0.29, 0.717) is 5.52 Å². The van der Waals surface area contributed by atoms with Gasteiger partial charge in [0.25, 0.3) is 10.0 Å². The summed E-state index contributed by atoms with van der Waals surface area (Å²) < 4.78 is 28.5. The highest BCUT2D eigenvalue weighted by Gasteiger charge is 2.27. The molecule has 2 rings (SSSR count). The Hall–Kier alpha value is -1.11. The first kappa shape index (κ1) is 13.3. The van der Waals surface area contributed by atoms with E-state index in [2.05, 4.69) is 9.71 Å². The lowest BCUT2D eigenvalue weighted by Gasteiger charge is -2.19. The van der Waals surface area contributed by atoms with E-state index in [1.54, 1.807) is 45.2 Å². The van der Waals surface area contributed by atoms with E-state index in [1.807, 2.05) is 0 Å². The normalized spacial score (nSPS) is 13.1. The fourth-order valence-corrected chi connectivity index (χ4v) is 3.46. The third kappa shape index (κ3) is 2.50. The predicted octanol–water partition coefficient (Wildman–Crippen LogP) is 2.06. The Bertz CT molecular complexity index is 686. The Kier molecular flexibility index (Phi) is 3.12. The summed E-state index contributed by atoms with van der Waals surface area (Å²) in [7, 11) is -3.69. The molecule has 0 bridgehead atoms. The third-order valence-electron chi connectivity index (χ3n) is 2.17. The van der Waals surface area contributed by atoms with Gasteiger partial charge in [-0.2, -0.15) is 0 Å². The summed E-state index contributed by atoms with van der Waals surface area (Å²) in [5.41, 5.74) is -0.116. The first-order valence-electron chi connectivity index (χ1n) is 5.37. The van der Waals surface area contributed by atoms with Crippen LogP contribution in [0.3, 0.4) is 0 Å². The molecule has 0 aliphatic heterocycles. The van der Waals surface area contributed by atoms with Gasteiger partial charge >= 0.3 is 0 Å². The lowest BCUT2D eigenvalue weighted by molar-refractivity contribution is 0.490. The van der Waals surface area contributed by atoms with Gasteiger partial charge in [0, 0.05) is 11.7 Å². The summed E-state index contributed by atoms with van der Waals surface area (Å²) in [6.07, 6.45) is 1.67. The van der Waals surface area contributed by atoms with Crippen LogP contribution in [0.2, 0.25) is 5.28 Å². The SMILES string of the molecule is CC(C)(C)NS(=O)(=O)c1nc(Cl)n2ccccc12. The van der Waals surface area contributed by atoms with Gasteiger partial charge in [0.15, 0.2) is 5.03 Å². The lowest BCUT2D eigenvalue weighted by atomic mass is 10.1. The largest absolute Gasteiger partial charge is 0.289 e. The van der Waals surface area contributed by atoms with Gasteiger partial charge in [-0.25, -0.2) is 18.1 Å². The van der Waals surface area contributed by atoms with Crippen molar-refractivity contribution in [3.8, 4) is 0 Å². The highest BCUT2D eigenvalue weighted by atomic mass is 35.5. The second-order valence-corrected chi connectivity index (χ2v) is 6.93. The van der Waals surface area contributed by atoms with E-state index in [4.69, 9.17) is 11.6 Å². The Balaban J connectivity index is 2.62. The molecule has 0 atom stereocenters. The van der Waals surface area contributed by atoms with Gasteiger partial charge in [-0.15, -0.1) is 0 Å². The zero-order valence-corrected chi connectivity index (χ0v) is 11.9. The molecule has 0 aliphatic carbocycles. The first-order chi connectivity index (χ1) is 8.21.